The van der Waals surface area contributed by atoms with Crippen molar-refractivity contribution in [3.8, 4) is 78.7 Å². The molecule has 10 aromatic rings. The zero-order valence-corrected chi connectivity index (χ0v) is 29.9. The summed E-state index contributed by atoms with van der Waals surface area (Å²) < 4.78 is 2.16. The second kappa shape index (κ2) is 13.8. The molecule has 4 heteroatoms. The van der Waals surface area contributed by atoms with Gasteiger partial charge in [0, 0.05) is 38.8 Å². The fourth-order valence-corrected chi connectivity index (χ4v) is 7.61. The molecule has 3 heterocycles. The Bertz CT molecular complexity index is 2870. The maximum absolute atomic E-state index is 5.44. The average Bonchev–Trinajstić information content (AvgIpc) is 3.68. The van der Waals surface area contributed by atoms with Crippen LogP contribution in [-0.4, -0.2) is 19.6 Å². The quantitative estimate of drug-likeness (QED) is 0.166. The van der Waals surface area contributed by atoms with Crippen molar-refractivity contribution in [2.45, 2.75) is 0 Å². The number of hydrogen-bond donors (Lipinski definition) is 0. The van der Waals surface area contributed by atoms with Crippen LogP contribution < -0.4 is 0 Å². The molecule has 0 saturated heterocycles. The lowest BCUT2D eigenvalue weighted by molar-refractivity contribution is 0.980. The van der Waals surface area contributed by atoms with E-state index in [-0.39, 0.29) is 0 Å². The number of aromatic nitrogens is 4. The van der Waals surface area contributed by atoms with Gasteiger partial charge in [0.05, 0.1) is 22.6 Å². The SMILES string of the molecule is c1ccc(-c2cc(-c3ccc(-c4cccc5cc(-c6ccccc6)n6nc(-c7ccccc7)c(-c7ccccc7)c6c45)cc3)nc(-c3ccccc3)n2)cc1. The summed E-state index contributed by atoms with van der Waals surface area (Å²) in [4.78, 5) is 10.1. The first-order valence-corrected chi connectivity index (χ1v) is 18.5. The summed E-state index contributed by atoms with van der Waals surface area (Å²) in [6.45, 7) is 0. The van der Waals surface area contributed by atoms with Crippen LogP contribution in [0.2, 0.25) is 0 Å². The van der Waals surface area contributed by atoms with Gasteiger partial charge >= 0.3 is 0 Å². The predicted octanol–water partition coefficient (Wildman–Crippen LogP) is 12.9. The van der Waals surface area contributed by atoms with Crippen molar-refractivity contribution in [2.24, 2.45) is 0 Å². The van der Waals surface area contributed by atoms with Crippen molar-refractivity contribution in [3.05, 3.63) is 206 Å². The summed E-state index contributed by atoms with van der Waals surface area (Å²) in [5.74, 6) is 0.704. The van der Waals surface area contributed by atoms with Crippen molar-refractivity contribution < 1.29 is 0 Å². The van der Waals surface area contributed by atoms with Crippen molar-refractivity contribution in [1.82, 2.24) is 19.6 Å². The maximum atomic E-state index is 5.44. The Hall–Kier alpha value is -7.43. The first kappa shape index (κ1) is 32.2. The highest BCUT2D eigenvalue weighted by molar-refractivity contribution is 6.14. The van der Waals surface area contributed by atoms with E-state index in [2.05, 4.69) is 174 Å². The normalized spacial score (nSPS) is 11.3. The molecule has 7 aromatic carbocycles. The van der Waals surface area contributed by atoms with Gasteiger partial charge in [-0.25, -0.2) is 14.5 Å². The molecule has 0 aliphatic heterocycles. The summed E-state index contributed by atoms with van der Waals surface area (Å²) in [7, 11) is 0. The molecule has 0 saturated carbocycles. The van der Waals surface area contributed by atoms with Crippen LogP contribution in [0.4, 0.5) is 0 Å². The lowest BCUT2D eigenvalue weighted by Gasteiger charge is -2.15. The molecule has 0 aliphatic rings. The zero-order valence-electron chi connectivity index (χ0n) is 29.9. The largest absolute Gasteiger partial charge is 0.231 e. The first-order valence-electron chi connectivity index (χ1n) is 18.5. The van der Waals surface area contributed by atoms with Gasteiger partial charge in [-0.1, -0.05) is 194 Å². The molecule has 10 rings (SSSR count). The van der Waals surface area contributed by atoms with Gasteiger partial charge in [0.2, 0.25) is 0 Å². The molecule has 0 bridgehead atoms. The Morgan fingerprint density at radius 3 is 1.45 bits per heavy atom. The van der Waals surface area contributed by atoms with Crippen LogP contribution in [0.25, 0.3) is 95.0 Å². The summed E-state index contributed by atoms with van der Waals surface area (Å²) in [6, 6.07) is 72.0. The number of rotatable bonds is 7. The Morgan fingerprint density at radius 2 is 0.855 bits per heavy atom. The summed E-state index contributed by atoms with van der Waals surface area (Å²) in [6.07, 6.45) is 0. The average molecular weight is 703 g/mol. The van der Waals surface area contributed by atoms with E-state index in [1.54, 1.807) is 0 Å². The highest BCUT2D eigenvalue weighted by Gasteiger charge is 2.23. The fraction of sp³-hybridized carbons (Fsp3) is 0. The van der Waals surface area contributed by atoms with Gasteiger partial charge in [0.25, 0.3) is 0 Å². The summed E-state index contributed by atoms with van der Waals surface area (Å²) in [5, 5.41) is 7.75. The van der Waals surface area contributed by atoms with Crippen LogP contribution in [0.1, 0.15) is 0 Å². The third-order valence-electron chi connectivity index (χ3n) is 10.2. The van der Waals surface area contributed by atoms with Crippen molar-refractivity contribution in [1.29, 1.82) is 0 Å². The van der Waals surface area contributed by atoms with E-state index in [4.69, 9.17) is 15.1 Å². The number of fused-ring (bicyclic) bond motifs is 3. The molecule has 4 nitrogen and oxygen atoms in total. The van der Waals surface area contributed by atoms with E-state index in [1.807, 2.05) is 36.4 Å². The van der Waals surface area contributed by atoms with Gasteiger partial charge in [-0.3, -0.25) is 0 Å². The second-order valence-electron chi connectivity index (χ2n) is 13.7. The van der Waals surface area contributed by atoms with Gasteiger partial charge in [-0.2, -0.15) is 5.10 Å². The Morgan fingerprint density at radius 1 is 0.364 bits per heavy atom. The second-order valence-corrected chi connectivity index (χ2v) is 13.7. The van der Waals surface area contributed by atoms with Gasteiger partial charge in [-0.15, -0.1) is 0 Å². The molecule has 0 spiro atoms. The third-order valence-corrected chi connectivity index (χ3v) is 10.2. The fourth-order valence-electron chi connectivity index (χ4n) is 7.61. The minimum absolute atomic E-state index is 0.704. The topological polar surface area (TPSA) is 43.1 Å². The molecule has 0 radical (unpaired) electrons. The molecule has 3 aromatic heterocycles. The molecular formula is C51H34N4. The lowest BCUT2D eigenvalue weighted by atomic mass is 9.92. The van der Waals surface area contributed by atoms with Gasteiger partial charge in [0.15, 0.2) is 5.82 Å². The highest BCUT2D eigenvalue weighted by atomic mass is 15.2. The Balaban J connectivity index is 1.19. The Kier molecular flexibility index (Phi) is 8.12. The molecule has 258 valence electrons. The number of benzene rings is 7. The number of nitrogens with zero attached hydrogens (tertiary/aromatic N) is 4. The molecule has 0 unspecified atom stereocenters. The van der Waals surface area contributed by atoms with Crippen LogP contribution in [0.5, 0.6) is 0 Å². The van der Waals surface area contributed by atoms with E-state index in [0.29, 0.717) is 5.82 Å². The monoisotopic (exact) mass is 702 g/mol. The first-order chi connectivity index (χ1) is 27.3. The minimum Gasteiger partial charge on any atom is -0.231 e. The van der Waals surface area contributed by atoms with Crippen molar-refractivity contribution in [2.75, 3.05) is 0 Å². The third kappa shape index (κ3) is 5.96. The van der Waals surface area contributed by atoms with Gasteiger partial charge in [-0.05, 0) is 34.2 Å². The molecule has 0 N–H and O–H groups in total. The molecule has 0 fully saturated rings. The lowest BCUT2D eigenvalue weighted by Crippen LogP contribution is -1.97. The van der Waals surface area contributed by atoms with Crippen LogP contribution in [0.3, 0.4) is 0 Å². The summed E-state index contributed by atoms with van der Waals surface area (Å²) in [5.41, 5.74) is 14.6. The van der Waals surface area contributed by atoms with Crippen molar-refractivity contribution >= 4 is 16.3 Å². The van der Waals surface area contributed by atoms with E-state index < -0.39 is 0 Å². The smallest absolute Gasteiger partial charge is 0.160 e. The molecule has 0 amide bonds. The van der Waals surface area contributed by atoms with Crippen LogP contribution in [0.15, 0.2) is 206 Å². The van der Waals surface area contributed by atoms with Crippen LogP contribution in [0, 0.1) is 0 Å². The van der Waals surface area contributed by atoms with E-state index in [1.165, 1.54) is 0 Å². The molecule has 0 atom stereocenters. The van der Waals surface area contributed by atoms with E-state index in [0.717, 1.165) is 89.1 Å². The van der Waals surface area contributed by atoms with E-state index >= 15 is 0 Å². The number of hydrogen-bond acceptors (Lipinski definition) is 3. The van der Waals surface area contributed by atoms with Gasteiger partial charge in [0.1, 0.15) is 5.69 Å². The summed E-state index contributed by atoms with van der Waals surface area (Å²) >= 11 is 0. The van der Waals surface area contributed by atoms with E-state index in [9.17, 15) is 0 Å². The van der Waals surface area contributed by atoms with Crippen LogP contribution >= 0.6 is 0 Å². The highest BCUT2D eigenvalue weighted by Crippen LogP contribution is 2.44. The number of pyridine rings is 1. The zero-order chi connectivity index (χ0) is 36.6. The minimum atomic E-state index is 0.704. The Labute approximate surface area is 319 Å². The van der Waals surface area contributed by atoms with Gasteiger partial charge < -0.3 is 0 Å². The molecule has 0 aliphatic carbocycles. The molecular weight excluding hydrogens is 669 g/mol. The molecule has 55 heavy (non-hydrogen) atoms. The van der Waals surface area contributed by atoms with Crippen LogP contribution in [-0.2, 0) is 0 Å². The standard InChI is InChI=1S/C51H34N4/c1-6-17-36(18-7-1)44-34-45(53-51(52-44)41-25-14-5-15-26-41)37-31-29-35(30-32-37)43-28-16-27-42-33-46(38-19-8-2-9-20-38)55-50(47(42)43)48(39-21-10-3-11-22-39)49(54-55)40-23-12-4-13-24-40/h1-34H. The predicted molar refractivity (Wildman–Crippen MR) is 226 cm³/mol. The maximum Gasteiger partial charge on any atom is 0.160 e. The van der Waals surface area contributed by atoms with Crippen molar-refractivity contribution in [3.63, 3.8) is 0 Å².